The molecule has 0 aliphatic carbocycles. The predicted octanol–water partition coefficient (Wildman–Crippen LogP) is 5.30. The number of anilines is 2. The topological polar surface area (TPSA) is 88.7 Å². The molecule has 3 aromatic carbocycles. The number of halogens is 1. The smallest absolute Gasteiger partial charge is 0.329 e. The molecule has 3 aromatic rings. The molecule has 7 nitrogen and oxygen atoms in total. The molecule has 3 N–H and O–H groups in total. The maximum Gasteiger partial charge on any atom is 0.329 e. The van der Waals surface area contributed by atoms with E-state index in [-0.39, 0.29) is 5.91 Å². The van der Waals surface area contributed by atoms with Gasteiger partial charge in [-0.2, -0.15) is 0 Å². The molecule has 0 spiro atoms. The van der Waals surface area contributed by atoms with E-state index in [1.807, 2.05) is 24.3 Å². The summed E-state index contributed by atoms with van der Waals surface area (Å²) in [5.41, 5.74) is 1.29. The number of fused-ring (bicyclic) bond motifs is 1. The second kappa shape index (κ2) is 9.60. The van der Waals surface area contributed by atoms with Crippen molar-refractivity contribution in [2.24, 2.45) is 0 Å². The first-order valence-corrected chi connectivity index (χ1v) is 10.1. The lowest BCUT2D eigenvalue weighted by molar-refractivity contribution is -0.114. The van der Waals surface area contributed by atoms with E-state index in [0.717, 1.165) is 22.7 Å². The molecular weight excluding hydrogens is 426 g/mol. The second-order valence-electron chi connectivity index (χ2n) is 6.18. The molecular formula is C21H20ClN3O4S. The van der Waals surface area contributed by atoms with Crippen LogP contribution >= 0.6 is 23.5 Å². The Morgan fingerprint density at radius 3 is 2.07 bits per heavy atom. The Balaban J connectivity index is 1.77. The molecule has 0 fully saturated rings. The van der Waals surface area contributed by atoms with Crippen molar-refractivity contribution in [3.63, 3.8) is 0 Å². The van der Waals surface area contributed by atoms with Gasteiger partial charge in [-0.25, -0.2) is 4.79 Å². The zero-order valence-electron chi connectivity index (χ0n) is 16.5. The molecule has 0 radical (unpaired) electrons. The fourth-order valence-electron chi connectivity index (χ4n) is 2.87. The normalized spacial score (nSPS) is 10.4. The van der Waals surface area contributed by atoms with Crippen molar-refractivity contribution in [1.29, 1.82) is 0 Å². The highest BCUT2D eigenvalue weighted by atomic mass is 35.5. The molecule has 0 aromatic heterocycles. The number of ether oxygens (including phenoxy) is 2. The molecule has 0 aliphatic rings. The maximum atomic E-state index is 12.5. The van der Waals surface area contributed by atoms with Gasteiger partial charge >= 0.3 is 6.03 Å². The van der Waals surface area contributed by atoms with Crippen molar-refractivity contribution in [3.8, 4) is 11.5 Å². The summed E-state index contributed by atoms with van der Waals surface area (Å²) < 4.78 is 13.2. The molecule has 30 heavy (non-hydrogen) atoms. The summed E-state index contributed by atoms with van der Waals surface area (Å²) in [5.74, 6) is 0.835. The number of nitrogens with one attached hydrogen (secondary N) is 3. The number of carbonyl (C=O) groups excluding carboxylic acids is 2. The SMILES string of the molecule is COc1cc(OC)c(SNC(=O)Nc2ccc(NC(C)=O)c3ccccc23)cc1Cl. The molecule has 3 rings (SSSR count). The quantitative estimate of drug-likeness (QED) is 0.448. The van der Waals surface area contributed by atoms with E-state index in [1.54, 1.807) is 24.3 Å². The number of urea groups is 1. The molecule has 0 aliphatic heterocycles. The fraction of sp³-hybridized carbons (Fsp3) is 0.143. The monoisotopic (exact) mass is 445 g/mol. The molecule has 0 unspecified atom stereocenters. The highest BCUT2D eigenvalue weighted by molar-refractivity contribution is 7.98. The largest absolute Gasteiger partial charge is 0.495 e. The molecule has 0 saturated heterocycles. The Morgan fingerprint density at radius 1 is 0.900 bits per heavy atom. The number of carbonyl (C=O) groups is 2. The summed E-state index contributed by atoms with van der Waals surface area (Å²) in [7, 11) is 3.04. The van der Waals surface area contributed by atoms with Gasteiger partial charge in [-0.1, -0.05) is 35.9 Å². The van der Waals surface area contributed by atoms with Gasteiger partial charge in [-0.15, -0.1) is 0 Å². The van der Waals surface area contributed by atoms with Crippen molar-refractivity contribution in [2.75, 3.05) is 24.9 Å². The van der Waals surface area contributed by atoms with Crippen LogP contribution in [0.15, 0.2) is 53.4 Å². The van der Waals surface area contributed by atoms with E-state index < -0.39 is 6.03 Å². The van der Waals surface area contributed by atoms with Crippen LogP contribution in [0.3, 0.4) is 0 Å². The molecule has 0 atom stereocenters. The lowest BCUT2D eigenvalue weighted by Gasteiger charge is -2.14. The van der Waals surface area contributed by atoms with Gasteiger partial charge in [0.15, 0.2) is 0 Å². The number of hydrogen-bond donors (Lipinski definition) is 3. The van der Waals surface area contributed by atoms with E-state index in [1.165, 1.54) is 21.1 Å². The van der Waals surface area contributed by atoms with E-state index >= 15 is 0 Å². The van der Waals surface area contributed by atoms with Gasteiger partial charge in [-0.3, -0.25) is 9.52 Å². The van der Waals surface area contributed by atoms with Crippen molar-refractivity contribution in [2.45, 2.75) is 11.8 Å². The summed E-state index contributed by atoms with van der Waals surface area (Å²) in [4.78, 5) is 24.6. The average molecular weight is 446 g/mol. The molecule has 0 bridgehead atoms. The second-order valence-corrected chi connectivity index (χ2v) is 7.44. The van der Waals surface area contributed by atoms with Gasteiger partial charge in [-0.05, 0) is 30.1 Å². The molecule has 156 valence electrons. The van der Waals surface area contributed by atoms with Crippen molar-refractivity contribution < 1.29 is 19.1 Å². The summed E-state index contributed by atoms with van der Waals surface area (Å²) in [6.45, 7) is 1.45. The zero-order valence-corrected chi connectivity index (χ0v) is 18.1. The van der Waals surface area contributed by atoms with E-state index in [4.69, 9.17) is 21.1 Å². The number of rotatable bonds is 6. The van der Waals surface area contributed by atoms with Crippen LogP contribution in [-0.4, -0.2) is 26.2 Å². The fourth-order valence-corrected chi connectivity index (χ4v) is 3.85. The first-order valence-electron chi connectivity index (χ1n) is 8.87. The number of hydrogen-bond acceptors (Lipinski definition) is 5. The Hall–Kier alpha value is -3.10. The number of methoxy groups -OCH3 is 2. The van der Waals surface area contributed by atoms with Crippen LogP contribution in [0.5, 0.6) is 11.5 Å². The number of amides is 3. The van der Waals surface area contributed by atoms with Gasteiger partial charge in [0.25, 0.3) is 0 Å². The highest BCUT2D eigenvalue weighted by Crippen LogP contribution is 2.37. The van der Waals surface area contributed by atoms with Crippen LogP contribution in [0.2, 0.25) is 5.02 Å². The minimum Gasteiger partial charge on any atom is -0.495 e. The van der Waals surface area contributed by atoms with Crippen molar-refractivity contribution >= 4 is 57.6 Å². The van der Waals surface area contributed by atoms with Crippen molar-refractivity contribution in [3.05, 3.63) is 53.6 Å². The van der Waals surface area contributed by atoms with E-state index in [0.29, 0.717) is 32.8 Å². The Kier molecular flexibility index (Phi) is 6.91. The third-order valence-corrected chi connectivity index (χ3v) is 5.30. The van der Waals surface area contributed by atoms with Crippen LogP contribution in [0.4, 0.5) is 16.2 Å². The highest BCUT2D eigenvalue weighted by Gasteiger charge is 2.13. The van der Waals surface area contributed by atoms with Gasteiger partial charge in [0.2, 0.25) is 5.91 Å². The minimum absolute atomic E-state index is 0.165. The summed E-state index contributed by atoms with van der Waals surface area (Å²) >= 11 is 7.23. The zero-order chi connectivity index (χ0) is 21.7. The van der Waals surface area contributed by atoms with Gasteiger partial charge in [0.1, 0.15) is 11.5 Å². The molecule has 9 heteroatoms. The first-order chi connectivity index (χ1) is 14.4. The van der Waals surface area contributed by atoms with Gasteiger partial charge in [0.05, 0.1) is 29.8 Å². The average Bonchev–Trinajstić information content (AvgIpc) is 2.73. The summed E-state index contributed by atoms with van der Waals surface area (Å²) in [6.07, 6.45) is 0. The first kappa shape index (κ1) is 21.6. The maximum absolute atomic E-state index is 12.5. The third-order valence-electron chi connectivity index (χ3n) is 4.17. The molecule has 3 amide bonds. The lowest BCUT2D eigenvalue weighted by atomic mass is 10.1. The van der Waals surface area contributed by atoms with E-state index in [2.05, 4.69) is 15.4 Å². The van der Waals surface area contributed by atoms with Crippen molar-refractivity contribution in [1.82, 2.24) is 4.72 Å². The minimum atomic E-state index is -0.425. The predicted molar refractivity (Wildman–Crippen MR) is 121 cm³/mol. The van der Waals surface area contributed by atoms with Crippen LogP contribution in [0, 0.1) is 0 Å². The molecule has 0 saturated carbocycles. The Labute approximate surface area is 183 Å². The van der Waals surface area contributed by atoms with Crippen LogP contribution in [0.1, 0.15) is 6.92 Å². The standard InChI is InChI=1S/C21H20ClN3O4S/c1-12(26)23-16-8-9-17(14-7-5-4-6-13(14)16)24-21(27)25-30-20-10-15(22)18(28-2)11-19(20)29-3/h4-11H,1-3H3,(H,23,26)(H2,24,25,27). The Bertz CT molecular complexity index is 1110. The summed E-state index contributed by atoms with van der Waals surface area (Å²) in [5, 5.41) is 7.65. The summed E-state index contributed by atoms with van der Waals surface area (Å²) in [6, 6.07) is 13.8. The van der Waals surface area contributed by atoms with E-state index in [9.17, 15) is 9.59 Å². The lowest BCUT2D eigenvalue weighted by Crippen LogP contribution is -2.23. The Morgan fingerprint density at radius 2 is 1.50 bits per heavy atom. The van der Waals surface area contributed by atoms with Gasteiger partial charge < -0.3 is 20.1 Å². The van der Waals surface area contributed by atoms with Crippen LogP contribution < -0.4 is 24.8 Å². The van der Waals surface area contributed by atoms with Crippen LogP contribution in [-0.2, 0) is 4.79 Å². The van der Waals surface area contributed by atoms with Gasteiger partial charge in [0, 0.05) is 29.4 Å². The molecule has 0 heterocycles. The number of benzene rings is 3. The van der Waals surface area contributed by atoms with Crippen LogP contribution in [0.25, 0.3) is 10.8 Å². The third kappa shape index (κ3) is 4.90.